The third-order valence-electron chi connectivity index (χ3n) is 4.12. The van der Waals surface area contributed by atoms with Gasteiger partial charge in [-0.1, -0.05) is 29.8 Å². The molecule has 1 aliphatic rings. The number of rotatable bonds is 4. The van der Waals surface area contributed by atoms with E-state index in [9.17, 15) is 14.4 Å². The Bertz CT molecular complexity index is 1070. The van der Waals surface area contributed by atoms with Crippen molar-refractivity contribution < 1.29 is 9.59 Å². The first-order valence-corrected chi connectivity index (χ1v) is 8.52. The number of para-hydroxylation sites is 1. The monoisotopic (exact) mass is 383 g/mol. The summed E-state index contributed by atoms with van der Waals surface area (Å²) in [5.41, 5.74) is 0.588. The molecule has 2 heterocycles. The zero-order chi connectivity index (χ0) is 19.0. The van der Waals surface area contributed by atoms with Crippen molar-refractivity contribution in [2.75, 3.05) is 10.2 Å². The Morgan fingerprint density at radius 2 is 1.78 bits per heavy atom. The van der Waals surface area contributed by atoms with E-state index in [-0.39, 0.29) is 18.9 Å². The Balaban J connectivity index is 1.52. The van der Waals surface area contributed by atoms with Crippen molar-refractivity contribution in [3.05, 3.63) is 75.9 Å². The van der Waals surface area contributed by atoms with Crippen molar-refractivity contribution in [2.45, 2.75) is 13.1 Å². The first-order chi connectivity index (χ1) is 13.0. The lowest BCUT2D eigenvalue weighted by Gasteiger charge is -2.14. The van der Waals surface area contributed by atoms with E-state index in [1.807, 2.05) is 6.07 Å². The fourth-order valence-corrected chi connectivity index (χ4v) is 2.99. The lowest BCUT2D eigenvalue weighted by atomic mass is 10.3. The Morgan fingerprint density at radius 3 is 2.44 bits per heavy atom. The summed E-state index contributed by atoms with van der Waals surface area (Å²) in [6.45, 7) is -0.134. The molecule has 136 valence electrons. The number of hydrogen-bond donors (Lipinski definition) is 1. The Hall–Kier alpha value is -3.39. The summed E-state index contributed by atoms with van der Waals surface area (Å²) in [7, 11) is 0. The van der Waals surface area contributed by atoms with E-state index in [1.54, 1.807) is 48.5 Å². The van der Waals surface area contributed by atoms with Crippen LogP contribution in [0, 0.1) is 0 Å². The predicted octanol–water partition coefficient (Wildman–Crippen LogP) is 2.33. The van der Waals surface area contributed by atoms with Crippen LogP contribution in [-0.4, -0.2) is 26.3 Å². The number of fused-ring (bicyclic) bond motifs is 1. The maximum atomic E-state index is 12.6. The highest BCUT2D eigenvalue weighted by atomic mass is 35.5. The zero-order valence-electron chi connectivity index (χ0n) is 14.0. The molecule has 0 bridgehead atoms. The number of amides is 2. The van der Waals surface area contributed by atoms with Crippen molar-refractivity contribution in [3.63, 3.8) is 0 Å². The van der Waals surface area contributed by atoms with Crippen LogP contribution in [0.2, 0.25) is 5.02 Å². The summed E-state index contributed by atoms with van der Waals surface area (Å²) >= 11 is 5.86. The number of aromatic nitrogens is 3. The molecule has 4 rings (SSSR count). The van der Waals surface area contributed by atoms with Gasteiger partial charge in [0.05, 0.1) is 6.54 Å². The van der Waals surface area contributed by atoms with E-state index in [4.69, 9.17) is 11.6 Å². The van der Waals surface area contributed by atoms with E-state index in [0.29, 0.717) is 16.4 Å². The van der Waals surface area contributed by atoms with E-state index < -0.39 is 17.6 Å². The van der Waals surface area contributed by atoms with Crippen molar-refractivity contribution in [1.29, 1.82) is 0 Å². The van der Waals surface area contributed by atoms with E-state index >= 15 is 0 Å². The molecule has 2 amide bonds. The Morgan fingerprint density at radius 1 is 1.07 bits per heavy atom. The van der Waals surface area contributed by atoms with Crippen LogP contribution in [-0.2, 0) is 17.9 Å². The highest BCUT2D eigenvalue weighted by Gasteiger charge is 2.33. The quantitative estimate of drug-likeness (QED) is 0.748. The zero-order valence-corrected chi connectivity index (χ0v) is 14.8. The van der Waals surface area contributed by atoms with E-state index in [0.717, 1.165) is 9.25 Å². The largest absolute Gasteiger partial charge is 0.354 e. The number of nitrogens with zero attached hydrogens (tertiary/aromatic N) is 4. The second-order valence-corrected chi connectivity index (χ2v) is 6.39. The highest BCUT2D eigenvalue weighted by molar-refractivity contribution is 6.30. The fraction of sp³-hybridized carbons (Fsp3) is 0.111. The van der Waals surface area contributed by atoms with Crippen molar-refractivity contribution in [1.82, 2.24) is 14.3 Å². The van der Waals surface area contributed by atoms with Crippen molar-refractivity contribution in [3.8, 4) is 0 Å². The SMILES string of the molecule is O=C(Cn1nc2n(c1=O)C(=O)N(c1ccc(Cl)cc1)C2)Nc1ccccc1. The summed E-state index contributed by atoms with van der Waals surface area (Å²) in [6, 6.07) is 15.1. The predicted molar refractivity (Wildman–Crippen MR) is 100.0 cm³/mol. The smallest absolute Gasteiger partial charge is 0.324 e. The summed E-state index contributed by atoms with van der Waals surface area (Å²) in [4.78, 5) is 38.7. The number of hydrogen-bond acceptors (Lipinski definition) is 4. The molecule has 0 atom stereocenters. The molecule has 0 saturated heterocycles. The van der Waals surface area contributed by atoms with Gasteiger partial charge in [0.25, 0.3) is 0 Å². The number of nitrogens with one attached hydrogen (secondary N) is 1. The van der Waals surface area contributed by atoms with Gasteiger partial charge in [0, 0.05) is 16.4 Å². The molecule has 9 heteroatoms. The third-order valence-corrected chi connectivity index (χ3v) is 4.37. The molecule has 0 fully saturated rings. The fourth-order valence-electron chi connectivity index (χ4n) is 2.86. The highest BCUT2D eigenvalue weighted by Crippen LogP contribution is 2.23. The molecule has 1 aliphatic heterocycles. The second-order valence-electron chi connectivity index (χ2n) is 5.95. The van der Waals surface area contributed by atoms with Crippen LogP contribution in [0.25, 0.3) is 0 Å². The summed E-state index contributed by atoms with van der Waals surface area (Å²) < 4.78 is 1.97. The summed E-state index contributed by atoms with van der Waals surface area (Å²) in [5.74, 6) is -0.116. The minimum Gasteiger partial charge on any atom is -0.324 e. The summed E-state index contributed by atoms with van der Waals surface area (Å²) in [5, 5.41) is 7.36. The maximum Gasteiger partial charge on any atom is 0.354 e. The first-order valence-electron chi connectivity index (χ1n) is 8.14. The van der Waals surface area contributed by atoms with E-state index in [1.165, 1.54) is 4.90 Å². The van der Waals surface area contributed by atoms with Gasteiger partial charge >= 0.3 is 11.7 Å². The molecule has 27 heavy (non-hydrogen) atoms. The van der Waals surface area contributed by atoms with E-state index in [2.05, 4.69) is 10.4 Å². The number of halogens is 1. The van der Waals surface area contributed by atoms with Crippen LogP contribution in [0.15, 0.2) is 59.4 Å². The van der Waals surface area contributed by atoms with Crippen molar-refractivity contribution >= 4 is 34.9 Å². The van der Waals surface area contributed by atoms with Crippen LogP contribution in [0.3, 0.4) is 0 Å². The first kappa shape index (κ1) is 17.0. The van der Waals surface area contributed by atoms with Crippen LogP contribution < -0.4 is 15.9 Å². The van der Waals surface area contributed by atoms with Gasteiger partial charge in [-0.3, -0.25) is 9.69 Å². The van der Waals surface area contributed by atoms with Gasteiger partial charge in [0.15, 0.2) is 5.82 Å². The van der Waals surface area contributed by atoms with Gasteiger partial charge in [-0.05, 0) is 36.4 Å². The molecule has 1 aromatic heterocycles. The number of carbonyl (C=O) groups excluding carboxylic acids is 2. The molecule has 3 aromatic rings. The van der Waals surface area contributed by atoms with Gasteiger partial charge in [0.1, 0.15) is 6.54 Å². The lowest BCUT2D eigenvalue weighted by Crippen LogP contribution is -2.36. The molecule has 0 spiro atoms. The molecule has 0 aliphatic carbocycles. The summed E-state index contributed by atoms with van der Waals surface area (Å²) in [6.07, 6.45) is 0. The van der Waals surface area contributed by atoms with Gasteiger partial charge in [-0.2, -0.15) is 9.67 Å². The van der Waals surface area contributed by atoms with Crippen molar-refractivity contribution in [2.24, 2.45) is 0 Å². The molecule has 0 unspecified atom stereocenters. The lowest BCUT2D eigenvalue weighted by molar-refractivity contribution is -0.117. The van der Waals surface area contributed by atoms with Gasteiger partial charge in [-0.15, -0.1) is 0 Å². The third kappa shape index (κ3) is 3.22. The van der Waals surface area contributed by atoms with Gasteiger partial charge in [-0.25, -0.2) is 14.3 Å². The van der Waals surface area contributed by atoms with Crippen LogP contribution >= 0.6 is 11.6 Å². The molecular weight excluding hydrogens is 370 g/mol. The topological polar surface area (TPSA) is 89.2 Å². The standard InChI is InChI=1S/C18H14ClN5O3/c19-12-6-8-14(9-7-12)22-10-15-21-23(18(27)24(15)17(22)26)11-16(25)20-13-4-2-1-3-5-13/h1-9H,10-11H2,(H,20,25). The average molecular weight is 384 g/mol. The molecular formula is C18H14ClN5O3. The minimum absolute atomic E-state index is 0.142. The number of anilines is 2. The second kappa shape index (κ2) is 6.73. The number of carbonyl (C=O) groups is 2. The Kier molecular flexibility index (Phi) is 4.25. The van der Waals surface area contributed by atoms with Gasteiger partial charge in [0.2, 0.25) is 5.91 Å². The van der Waals surface area contributed by atoms with Crippen LogP contribution in [0.1, 0.15) is 5.82 Å². The normalized spacial score (nSPS) is 12.9. The minimum atomic E-state index is -0.644. The Labute approximate surface area is 158 Å². The molecule has 2 aromatic carbocycles. The van der Waals surface area contributed by atoms with Crippen LogP contribution in [0.5, 0.6) is 0 Å². The average Bonchev–Trinajstić information content (AvgIpc) is 3.13. The number of benzene rings is 2. The van der Waals surface area contributed by atoms with Gasteiger partial charge < -0.3 is 5.32 Å². The maximum absolute atomic E-state index is 12.6. The van der Waals surface area contributed by atoms with Crippen LogP contribution in [0.4, 0.5) is 16.2 Å². The molecule has 8 nitrogen and oxygen atoms in total. The molecule has 0 saturated carbocycles. The molecule has 0 radical (unpaired) electrons. The molecule has 1 N–H and O–H groups in total.